The van der Waals surface area contributed by atoms with E-state index in [0.29, 0.717) is 12.3 Å². The van der Waals surface area contributed by atoms with Gasteiger partial charge in [0.1, 0.15) is 5.60 Å². The number of nitrogens with one attached hydrogen (secondary N) is 1. The van der Waals surface area contributed by atoms with Crippen LogP contribution in [0, 0.1) is 0 Å². The number of carbonyl (C=O) groups is 1. The summed E-state index contributed by atoms with van der Waals surface area (Å²) in [6.07, 6.45) is 0. The zero-order valence-corrected chi connectivity index (χ0v) is 9.78. The number of hydrogen-bond acceptors (Lipinski definition) is 3. The van der Waals surface area contributed by atoms with E-state index in [-0.39, 0.29) is 0 Å². The molecule has 0 aliphatic heterocycles. The Bertz CT molecular complexity index is 369. The van der Waals surface area contributed by atoms with Crippen molar-refractivity contribution in [1.82, 2.24) is 0 Å². The summed E-state index contributed by atoms with van der Waals surface area (Å²) in [6.45, 7) is 3.31. The van der Waals surface area contributed by atoms with Crippen LogP contribution in [0.4, 0.5) is 5.69 Å². The van der Waals surface area contributed by atoms with Crippen LogP contribution >= 0.6 is 0 Å². The summed E-state index contributed by atoms with van der Waals surface area (Å²) < 4.78 is 5.02. The maximum absolute atomic E-state index is 11.6. The molecule has 0 saturated heterocycles. The van der Waals surface area contributed by atoms with Crippen LogP contribution in [0.2, 0.25) is 0 Å². The molecular formula is C12H17NO3. The summed E-state index contributed by atoms with van der Waals surface area (Å²) in [7, 11) is 1.59. The lowest BCUT2D eigenvalue weighted by molar-refractivity contribution is -0.130. The Labute approximate surface area is 95.2 Å². The Kier molecular flexibility index (Phi) is 4.04. The summed E-state index contributed by atoms with van der Waals surface area (Å²) in [5, 5.41) is 12.2. The fourth-order valence-electron chi connectivity index (χ4n) is 1.20. The third-order valence-corrected chi connectivity index (χ3v) is 2.12. The topological polar surface area (TPSA) is 58.6 Å². The van der Waals surface area contributed by atoms with Crippen molar-refractivity contribution in [2.75, 3.05) is 12.4 Å². The number of rotatable bonds is 4. The lowest BCUT2D eigenvalue weighted by Crippen LogP contribution is -2.36. The highest BCUT2D eigenvalue weighted by molar-refractivity contribution is 5.97. The van der Waals surface area contributed by atoms with Crippen molar-refractivity contribution in [3.8, 4) is 0 Å². The van der Waals surface area contributed by atoms with Crippen LogP contribution in [0.15, 0.2) is 24.3 Å². The number of amides is 1. The molecule has 0 saturated carbocycles. The molecule has 1 aromatic rings. The highest BCUT2D eigenvalue weighted by Gasteiger charge is 2.24. The lowest BCUT2D eigenvalue weighted by atomic mass is 10.1. The van der Waals surface area contributed by atoms with Gasteiger partial charge < -0.3 is 15.2 Å². The Morgan fingerprint density at radius 2 is 2.06 bits per heavy atom. The number of para-hydroxylation sites is 1. The quantitative estimate of drug-likeness (QED) is 0.814. The van der Waals surface area contributed by atoms with E-state index in [1.165, 1.54) is 13.8 Å². The standard InChI is InChI=1S/C12H17NO3/c1-12(2,15)11(14)13-10-7-5-4-6-9(10)8-16-3/h4-7,15H,8H2,1-3H3,(H,13,14). The van der Waals surface area contributed by atoms with Gasteiger partial charge in [0, 0.05) is 18.4 Å². The number of carbonyl (C=O) groups excluding carboxylic acids is 1. The van der Waals surface area contributed by atoms with E-state index in [1.807, 2.05) is 18.2 Å². The number of anilines is 1. The Hall–Kier alpha value is -1.39. The van der Waals surface area contributed by atoms with Crippen molar-refractivity contribution >= 4 is 11.6 Å². The first-order valence-electron chi connectivity index (χ1n) is 5.06. The van der Waals surface area contributed by atoms with E-state index in [2.05, 4.69) is 5.32 Å². The minimum Gasteiger partial charge on any atom is -0.381 e. The number of methoxy groups -OCH3 is 1. The Balaban J connectivity index is 2.84. The van der Waals surface area contributed by atoms with Crippen LogP contribution in [0.3, 0.4) is 0 Å². The van der Waals surface area contributed by atoms with Crippen molar-refractivity contribution in [1.29, 1.82) is 0 Å². The fourth-order valence-corrected chi connectivity index (χ4v) is 1.20. The largest absolute Gasteiger partial charge is 0.381 e. The molecule has 88 valence electrons. The molecule has 0 unspecified atom stereocenters. The summed E-state index contributed by atoms with van der Waals surface area (Å²) in [6, 6.07) is 7.33. The second kappa shape index (κ2) is 5.09. The molecule has 0 aliphatic carbocycles. The molecule has 1 rings (SSSR count). The zero-order valence-electron chi connectivity index (χ0n) is 9.78. The molecule has 0 aliphatic rings. The van der Waals surface area contributed by atoms with Gasteiger partial charge >= 0.3 is 0 Å². The van der Waals surface area contributed by atoms with Crippen molar-refractivity contribution in [3.05, 3.63) is 29.8 Å². The van der Waals surface area contributed by atoms with Gasteiger partial charge in [-0.3, -0.25) is 4.79 Å². The van der Waals surface area contributed by atoms with Crippen LogP contribution < -0.4 is 5.32 Å². The Morgan fingerprint density at radius 3 is 2.62 bits per heavy atom. The van der Waals surface area contributed by atoms with Crippen LogP contribution in [-0.2, 0) is 16.1 Å². The molecule has 0 bridgehead atoms. The van der Waals surface area contributed by atoms with Crippen LogP contribution in [0.25, 0.3) is 0 Å². The van der Waals surface area contributed by atoms with E-state index in [4.69, 9.17) is 4.74 Å². The number of benzene rings is 1. The molecule has 4 nitrogen and oxygen atoms in total. The minimum absolute atomic E-state index is 0.419. The molecule has 2 N–H and O–H groups in total. The van der Waals surface area contributed by atoms with Crippen LogP contribution in [0.1, 0.15) is 19.4 Å². The minimum atomic E-state index is -1.39. The van der Waals surface area contributed by atoms with Gasteiger partial charge in [-0.1, -0.05) is 18.2 Å². The summed E-state index contributed by atoms with van der Waals surface area (Å²) >= 11 is 0. The molecule has 0 fully saturated rings. The van der Waals surface area contributed by atoms with Gasteiger partial charge in [0.25, 0.3) is 5.91 Å². The van der Waals surface area contributed by atoms with Crippen molar-refractivity contribution in [2.24, 2.45) is 0 Å². The number of aliphatic hydroxyl groups is 1. The third kappa shape index (κ3) is 3.32. The Morgan fingerprint density at radius 1 is 1.44 bits per heavy atom. The van der Waals surface area contributed by atoms with Crippen molar-refractivity contribution in [3.63, 3.8) is 0 Å². The predicted molar refractivity (Wildman–Crippen MR) is 62.1 cm³/mol. The molecule has 0 aromatic heterocycles. The first kappa shape index (κ1) is 12.7. The molecule has 1 aromatic carbocycles. The molecule has 4 heteroatoms. The van der Waals surface area contributed by atoms with Gasteiger partial charge in [0.15, 0.2) is 0 Å². The van der Waals surface area contributed by atoms with Gasteiger partial charge in [-0.25, -0.2) is 0 Å². The van der Waals surface area contributed by atoms with E-state index in [0.717, 1.165) is 5.56 Å². The summed E-state index contributed by atoms with van der Waals surface area (Å²) in [5.74, 6) is -0.434. The molecule has 16 heavy (non-hydrogen) atoms. The maximum Gasteiger partial charge on any atom is 0.255 e. The molecular weight excluding hydrogens is 206 g/mol. The third-order valence-electron chi connectivity index (χ3n) is 2.12. The fraction of sp³-hybridized carbons (Fsp3) is 0.417. The van der Waals surface area contributed by atoms with E-state index in [1.54, 1.807) is 13.2 Å². The summed E-state index contributed by atoms with van der Waals surface area (Å²) in [4.78, 5) is 11.6. The molecule has 0 spiro atoms. The van der Waals surface area contributed by atoms with E-state index < -0.39 is 11.5 Å². The molecule has 0 radical (unpaired) electrons. The van der Waals surface area contributed by atoms with Gasteiger partial charge in [0.05, 0.1) is 6.61 Å². The normalized spacial score (nSPS) is 11.2. The van der Waals surface area contributed by atoms with Crippen molar-refractivity contribution in [2.45, 2.75) is 26.1 Å². The van der Waals surface area contributed by atoms with E-state index >= 15 is 0 Å². The highest BCUT2D eigenvalue weighted by atomic mass is 16.5. The van der Waals surface area contributed by atoms with Gasteiger partial charge in [-0.2, -0.15) is 0 Å². The summed E-state index contributed by atoms with van der Waals surface area (Å²) in [5.41, 5.74) is 0.152. The SMILES string of the molecule is COCc1ccccc1NC(=O)C(C)(C)O. The highest BCUT2D eigenvalue weighted by Crippen LogP contribution is 2.17. The zero-order chi connectivity index (χ0) is 12.2. The second-order valence-electron chi connectivity index (χ2n) is 4.10. The number of ether oxygens (including phenoxy) is 1. The molecule has 0 heterocycles. The molecule has 1 amide bonds. The van der Waals surface area contributed by atoms with Gasteiger partial charge in [-0.05, 0) is 19.9 Å². The second-order valence-corrected chi connectivity index (χ2v) is 4.10. The maximum atomic E-state index is 11.6. The predicted octanol–water partition coefficient (Wildman–Crippen LogP) is 1.54. The smallest absolute Gasteiger partial charge is 0.255 e. The average molecular weight is 223 g/mol. The molecule has 0 atom stereocenters. The first-order chi connectivity index (χ1) is 7.45. The monoisotopic (exact) mass is 223 g/mol. The number of hydrogen-bond donors (Lipinski definition) is 2. The van der Waals surface area contributed by atoms with Crippen LogP contribution in [0.5, 0.6) is 0 Å². The van der Waals surface area contributed by atoms with E-state index in [9.17, 15) is 9.90 Å². The van der Waals surface area contributed by atoms with Crippen LogP contribution in [-0.4, -0.2) is 23.7 Å². The average Bonchev–Trinajstić information content (AvgIpc) is 2.20. The van der Waals surface area contributed by atoms with Gasteiger partial charge in [-0.15, -0.1) is 0 Å². The first-order valence-corrected chi connectivity index (χ1v) is 5.06. The lowest BCUT2D eigenvalue weighted by Gasteiger charge is -2.18. The van der Waals surface area contributed by atoms with Gasteiger partial charge in [0.2, 0.25) is 0 Å². The van der Waals surface area contributed by atoms with Crippen molar-refractivity contribution < 1.29 is 14.6 Å².